The predicted molar refractivity (Wildman–Crippen MR) is 57.4 cm³/mol. The number of halogens is 3. The minimum Gasteiger partial charge on any atom is -0.398 e. The molecular formula is C10H10F3NOS. The average molecular weight is 249 g/mol. The van der Waals surface area contributed by atoms with E-state index in [9.17, 15) is 18.0 Å². The van der Waals surface area contributed by atoms with E-state index in [2.05, 4.69) is 0 Å². The van der Waals surface area contributed by atoms with Gasteiger partial charge in [-0.3, -0.25) is 4.79 Å². The van der Waals surface area contributed by atoms with Crippen molar-refractivity contribution in [2.45, 2.75) is 23.7 Å². The van der Waals surface area contributed by atoms with Gasteiger partial charge in [-0.2, -0.15) is 13.2 Å². The molecule has 0 fully saturated rings. The van der Waals surface area contributed by atoms with Gasteiger partial charge in [-0.05, 0) is 30.0 Å². The molecule has 0 unspecified atom stereocenters. The van der Waals surface area contributed by atoms with Crippen LogP contribution in [0.2, 0.25) is 0 Å². The monoisotopic (exact) mass is 249 g/mol. The van der Waals surface area contributed by atoms with Crippen LogP contribution < -0.4 is 5.73 Å². The number of anilines is 1. The van der Waals surface area contributed by atoms with E-state index in [1.54, 1.807) is 6.92 Å². The van der Waals surface area contributed by atoms with Crippen molar-refractivity contribution in [3.63, 3.8) is 0 Å². The minimum atomic E-state index is -4.36. The zero-order valence-electron chi connectivity index (χ0n) is 8.47. The molecule has 1 rings (SSSR count). The summed E-state index contributed by atoms with van der Waals surface area (Å²) < 4.78 is 36.3. The van der Waals surface area contributed by atoms with Crippen molar-refractivity contribution in [2.75, 3.05) is 5.73 Å². The van der Waals surface area contributed by atoms with Gasteiger partial charge in [0.1, 0.15) is 0 Å². The summed E-state index contributed by atoms with van der Waals surface area (Å²) in [5.74, 6) is -0.262. The predicted octanol–water partition coefficient (Wildman–Crippen LogP) is 3.47. The van der Waals surface area contributed by atoms with E-state index in [4.69, 9.17) is 5.73 Å². The van der Waals surface area contributed by atoms with E-state index in [0.717, 1.165) is 0 Å². The minimum absolute atomic E-state index is 0.0292. The van der Waals surface area contributed by atoms with E-state index in [1.807, 2.05) is 0 Å². The summed E-state index contributed by atoms with van der Waals surface area (Å²) in [6.45, 7) is 1.63. The summed E-state index contributed by atoms with van der Waals surface area (Å²) in [6.07, 6.45) is 0.213. The number of carbonyl (C=O) groups excluding carboxylic acids is 1. The van der Waals surface area contributed by atoms with Gasteiger partial charge in [0.05, 0.1) is 0 Å². The van der Waals surface area contributed by atoms with E-state index in [0.29, 0.717) is 0 Å². The first-order chi connectivity index (χ1) is 7.33. The molecule has 2 nitrogen and oxygen atoms in total. The highest BCUT2D eigenvalue weighted by atomic mass is 32.2. The van der Waals surface area contributed by atoms with Gasteiger partial charge in [-0.15, -0.1) is 0 Å². The molecule has 1 aromatic carbocycles. The molecule has 6 heteroatoms. The molecule has 1 aromatic rings. The van der Waals surface area contributed by atoms with Crippen LogP contribution in [0.1, 0.15) is 23.7 Å². The summed E-state index contributed by atoms with van der Waals surface area (Å²) in [6, 6.07) is 3.75. The van der Waals surface area contributed by atoms with Gasteiger partial charge in [-0.1, -0.05) is 6.92 Å². The van der Waals surface area contributed by atoms with Crippen molar-refractivity contribution in [1.82, 2.24) is 0 Å². The lowest BCUT2D eigenvalue weighted by Gasteiger charge is -2.08. The second kappa shape index (κ2) is 4.78. The third-order valence-corrected chi connectivity index (χ3v) is 2.60. The smallest absolute Gasteiger partial charge is 0.398 e. The lowest BCUT2D eigenvalue weighted by atomic mass is 10.1. The fourth-order valence-electron chi connectivity index (χ4n) is 1.16. The van der Waals surface area contributed by atoms with Crippen LogP contribution in [0.15, 0.2) is 23.1 Å². The molecule has 0 aliphatic carbocycles. The van der Waals surface area contributed by atoms with Crippen molar-refractivity contribution in [2.24, 2.45) is 0 Å². The molecule has 88 valence electrons. The van der Waals surface area contributed by atoms with Crippen molar-refractivity contribution in [1.29, 1.82) is 0 Å². The van der Waals surface area contributed by atoms with E-state index >= 15 is 0 Å². The molecule has 0 aliphatic heterocycles. The largest absolute Gasteiger partial charge is 0.446 e. The number of benzene rings is 1. The van der Waals surface area contributed by atoms with Crippen molar-refractivity contribution in [3.05, 3.63) is 23.8 Å². The first-order valence-corrected chi connectivity index (χ1v) is 5.33. The van der Waals surface area contributed by atoms with Gasteiger partial charge < -0.3 is 5.73 Å². The molecule has 0 saturated carbocycles. The summed E-state index contributed by atoms with van der Waals surface area (Å²) in [7, 11) is 0. The molecule has 0 bridgehead atoms. The Balaban J connectivity index is 3.03. The number of alkyl halides is 3. The number of hydrogen-bond donors (Lipinski definition) is 1. The summed E-state index contributed by atoms with van der Waals surface area (Å²) in [5, 5.41) is 0. The molecule has 0 heterocycles. The number of carbonyl (C=O) groups is 1. The number of nitrogen functional groups attached to an aromatic ring is 1. The SMILES string of the molecule is CCC(=O)c1cc(SC(F)(F)F)ccc1N. The third kappa shape index (κ3) is 3.44. The van der Waals surface area contributed by atoms with Gasteiger partial charge in [0.25, 0.3) is 0 Å². The maximum absolute atomic E-state index is 12.1. The average Bonchev–Trinajstić information content (AvgIpc) is 2.18. The Bertz CT molecular complexity index is 404. The first kappa shape index (κ1) is 12.9. The fourth-order valence-corrected chi connectivity index (χ4v) is 1.74. The molecule has 16 heavy (non-hydrogen) atoms. The van der Waals surface area contributed by atoms with E-state index in [1.165, 1.54) is 18.2 Å². The lowest BCUT2D eigenvalue weighted by Crippen LogP contribution is -2.04. The van der Waals surface area contributed by atoms with Crippen LogP contribution in [0.4, 0.5) is 18.9 Å². The van der Waals surface area contributed by atoms with Crippen LogP contribution in [0, 0.1) is 0 Å². The zero-order chi connectivity index (χ0) is 12.3. The summed E-state index contributed by atoms with van der Waals surface area (Å²) in [5.41, 5.74) is 1.52. The van der Waals surface area contributed by atoms with E-state index in [-0.39, 0.29) is 40.1 Å². The summed E-state index contributed by atoms with van der Waals surface area (Å²) in [4.78, 5) is 11.4. The second-order valence-electron chi connectivity index (χ2n) is 3.07. The molecular weight excluding hydrogens is 239 g/mol. The molecule has 0 amide bonds. The number of nitrogens with two attached hydrogens (primary N) is 1. The Morgan fingerprint density at radius 3 is 2.56 bits per heavy atom. The molecule has 0 aliphatic rings. The molecule has 2 N–H and O–H groups in total. The highest BCUT2D eigenvalue weighted by molar-refractivity contribution is 8.00. The van der Waals surface area contributed by atoms with Crippen LogP contribution in [0.3, 0.4) is 0 Å². The first-order valence-electron chi connectivity index (χ1n) is 4.52. The topological polar surface area (TPSA) is 43.1 Å². The zero-order valence-corrected chi connectivity index (χ0v) is 9.28. The quantitative estimate of drug-likeness (QED) is 0.506. The van der Waals surface area contributed by atoms with Crippen molar-refractivity contribution in [3.8, 4) is 0 Å². The van der Waals surface area contributed by atoms with Crippen molar-refractivity contribution >= 4 is 23.2 Å². The number of Topliss-reactive ketones (excluding diaryl/α,β-unsaturated/α-hetero) is 1. The molecule has 0 aromatic heterocycles. The number of thioether (sulfide) groups is 1. The Hall–Kier alpha value is -1.17. The van der Waals surface area contributed by atoms with Gasteiger partial charge in [0, 0.05) is 22.6 Å². The number of hydrogen-bond acceptors (Lipinski definition) is 3. The highest BCUT2D eigenvalue weighted by Crippen LogP contribution is 2.37. The van der Waals surface area contributed by atoms with Gasteiger partial charge >= 0.3 is 5.51 Å². The van der Waals surface area contributed by atoms with Crippen LogP contribution in [0.5, 0.6) is 0 Å². The maximum Gasteiger partial charge on any atom is 0.446 e. The lowest BCUT2D eigenvalue weighted by molar-refractivity contribution is -0.0328. The van der Waals surface area contributed by atoms with Crippen LogP contribution in [0.25, 0.3) is 0 Å². The van der Waals surface area contributed by atoms with Crippen LogP contribution in [-0.4, -0.2) is 11.3 Å². The Morgan fingerprint density at radius 1 is 1.44 bits per heavy atom. The highest BCUT2D eigenvalue weighted by Gasteiger charge is 2.29. The van der Waals surface area contributed by atoms with Gasteiger partial charge in [0.2, 0.25) is 0 Å². The molecule has 0 atom stereocenters. The number of ketones is 1. The Labute approximate surface area is 95.0 Å². The third-order valence-electron chi connectivity index (χ3n) is 1.88. The maximum atomic E-state index is 12.1. The fraction of sp³-hybridized carbons (Fsp3) is 0.300. The van der Waals surface area contributed by atoms with Gasteiger partial charge in [0.15, 0.2) is 5.78 Å². The Kier molecular flexibility index (Phi) is 3.85. The molecule has 0 radical (unpaired) electrons. The van der Waals surface area contributed by atoms with Crippen LogP contribution >= 0.6 is 11.8 Å². The number of rotatable bonds is 3. The van der Waals surface area contributed by atoms with Gasteiger partial charge in [-0.25, -0.2) is 0 Å². The second-order valence-corrected chi connectivity index (χ2v) is 4.21. The molecule has 0 spiro atoms. The summed E-state index contributed by atoms with van der Waals surface area (Å²) >= 11 is -0.256. The molecule has 0 saturated heterocycles. The standard InChI is InChI=1S/C10H10F3NOS/c1-2-9(15)7-5-6(3-4-8(7)14)16-10(11,12)13/h3-5H,2,14H2,1H3. The normalized spacial score (nSPS) is 11.5. The Morgan fingerprint density at radius 2 is 2.06 bits per heavy atom. The van der Waals surface area contributed by atoms with E-state index < -0.39 is 5.51 Å². The van der Waals surface area contributed by atoms with Crippen molar-refractivity contribution < 1.29 is 18.0 Å². The van der Waals surface area contributed by atoms with Crippen LogP contribution in [-0.2, 0) is 0 Å².